The molecule has 0 radical (unpaired) electrons. The van der Waals surface area contributed by atoms with Gasteiger partial charge in [0.25, 0.3) is 0 Å². The molecule has 0 aliphatic carbocycles. The van der Waals surface area contributed by atoms with Crippen LogP contribution in [0, 0.1) is 0 Å². The van der Waals surface area contributed by atoms with Gasteiger partial charge in [0.05, 0.1) is 0 Å². The first-order chi connectivity index (χ1) is 7.73. The molecule has 98 valence electrons. The zero-order valence-corrected chi connectivity index (χ0v) is 14.0. The van der Waals surface area contributed by atoms with Crippen LogP contribution in [-0.2, 0) is 0 Å². The van der Waals surface area contributed by atoms with Gasteiger partial charge < -0.3 is 0 Å². The van der Waals surface area contributed by atoms with Gasteiger partial charge in [-0.05, 0) is 47.1 Å². The summed E-state index contributed by atoms with van der Waals surface area (Å²) in [7, 11) is -1.57. The predicted octanol–water partition coefficient (Wildman–Crippen LogP) is 5.75. The van der Waals surface area contributed by atoms with Gasteiger partial charge in [0.2, 0.25) is 0 Å². The van der Waals surface area contributed by atoms with E-state index in [1.54, 1.807) is 0 Å². The molecule has 0 nitrogen and oxygen atoms in total. The largest absolute Gasteiger partial charge is 0.128 e. The van der Waals surface area contributed by atoms with E-state index in [2.05, 4.69) is 72.5 Å². The molecule has 0 aromatic carbocycles. The van der Waals surface area contributed by atoms with Gasteiger partial charge in [0.15, 0.2) is 0 Å². The SMILES string of the molecule is CCC(C)[Si](C=C(C)C)(C=C(C)C)C=C(C)C. The third-order valence-corrected chi connectivity index (χ3v) is 8.43. The second-order valence-electron chi connectivity index (χ2n) is 5.97. The van der Waals surface area contributed by atoms with Crippen LogP contribution in [0.4, 0.5) is 0 Å². The highest BCUT2D eigenvalue weighted by molar-refractivity contribution is 6.94. The molecule has 0 aromatic rings. The summed E-state index contributed by atoms with van der Waals surface area (Å²) in [4.78, 5) is 0. The highest BCUT2D eigenvalue weighted by atomic mass is 28.3. The molecule has 0 amide bonds. The van der Waals surface area contributed by atoms with Crippen LogP contribution in [0.2, 0.25) is 5.54 Å². The lowest BCUT2D eigenvalue weighted by Gasteiger charge is -2.30. The Morgan fingerprint density at radius 3 is 1.29 bits per heavy atom. The monoisotopic (exact) mass is 250 g/mol. The average Bonchev–Trinajstić information content (AvgIpc) is 2.12. The number of hydrogen-bond acceptors (Lipinski definition) is 0. The molecule has 0 aromatic heterocycles. The van der Waals surface area contributed by atoms with Gasteiger partial charge in [-0.3, -0.25) is 0 Å². The number of rotatable bonds is 5. The fraction of sp³-hybridized carbons (Fsp3) is 0.625. The number of allylic oxidation sites excluding steroid dienone is 3. The molecular weight excluding hydrogens is 220 g/mol. The minimum atomic E-state index is -1.57. The van der Waals surface area contributed by atoms with Crippen molar-refractivity contribution in [3.63, 3.8) is 0 Å². The molecule has 0 saturated heterocycles. The van der Waals surface area contributed by atoms with E-state index < -0.39 is 8.07 Å². The van der Waals surface area contributed by atoms with Crippen LogP contribution in [0.25, 0.3) is 0 Å². The standard InChI is InChI=1S/C16H30Si/c1-9-16(8)17(10-13(2)3,11-14(4)5)12-15(6)7/h10-12,16H,9H2,1-8H3. The Balaban J connectivity index is 5.79. The molecule has 0 aliphatic heterocycles. The summed E-state index contributed by atoms with van der Waals surface area (Å²) in [6.07, 6.45) is 1.25. The molecule has 0 N–H and O–H groups in total. The van der Waals surface area contributed by atoms with Crippen molar-refractivity contribution in [3.8, 4) is 0 Å². The quantitative estimate of drug-likeness (QED) is 0.545. The fourth-order valence-corrected chi connectivity index (χ4v) is 7.22. The molecule has 1 unspecified atom stereocenters. The van der Waals surface area contributed by atoms with Crippen molar-refractivity contribution in [2.24, 2.45) is 0 Å². The van der Waals surface area contributed by atoms with Crippen LogP contribution < -0.4 is 0 Å². The van der Waals surface area contributed by atoms with Crippen LogP contribution in [0.15, 0.2) is 33.8 Å². The van der Waals surface area contributed by atoms with Crippen LogP contribution in [-0.4, -0.2) is 8.07 Å². The molecular formula is C16H30Si. The Morgan fingerprint density at radius 2 is 1.12 bits per heavy atom. The summed E-state index contributed by atoms with van der Waals surface area (Å²) < 4.78 is 0. The van der Waals surface area contributed by atoms with Crippen molar-refractivity contribution < 1.29 is 0 Å². The molecule has 0 spiro atoms. The fourth-order valence-electron chi connectivity index (χ4n) is 2.41. The molecule has 0 saturated carbocycles. The number of hydrogen-bond donors (Lipinski definition) is 0. The second-order valence-corrected chi connectivity index (χ2v) is 9.83. The average molecular weight is 251 g/mol. The van der Waals surface area contributed by atoms with E-state index in [9.17, 15) is 0 Å². The lowest BCUT2D eigenvalue weighted by molar-refractivity contribution is 0.853. The van der Waals surface area contributed by atoms with Crippen LogP contribution in [0.5, 0.6) is 0 Å². The summed E-state index contributed by atoms with van der Waals surface area (Å²) in [5.41, 5.74) is 12.8. The van der Waals surface area contributed by atoms with Gasteiger partial charge in [-0.2, -0.15) is 0 Å². The van der Waals surface area contributed by atoms with Crippen LogP contribution >= 0.6 is 0 Å². The van der Waals surface area contributed by atoms with E-state index in [4.69, 9.17) is 0 Å². The maximum atomic E-state index is 2.56. The molecule has 0 heterocycles. The predicted molar refractivity (Wildman–Crippen MR) is 83.8 cm³/mol. The normalized spacial score (nSPS) is 12.7. The summed E-state index contributed by atoms with van der Waals surface area (Å²) >= 11 is 0. The van der Waals surface area contributed by atoms with Crippen molar-refractivity contribution >= 4 is 8.07 Å². The van der Waals surface area contributed by atoms with Gasteiger partial charge in [0.1, 0.15) is 8.07 Å². The first-order valence-corrected chi connectivity index (χ1v) is 9.02. The first-order valence-electron chi connectivity index (χ1n) is 6.71. The highest BCUT2D eigenvalue weighted by Crippen LogP contribution is 2.31. The van der Waals surface area contributed by atoms with Gasteiger partial charge >= 0.3 is 0 Å². The Labute approximate surface area is 110 Å². The third kappa shape index (κ3) is 5.54. The van der Waals surface area contributed by atoms with Crippen molar-refractivity contribution in [2.75, 3.05) is 0 Å². The first kappa shape index (κ1) is 16.4. The van der Waals surface area contributed by atoms with Crippen LogP contribution in [0.3, 0.4) is 0 Å². The van der Waals surface area contributed by atoms with Gasteiger partial charge in [-0.15, -0.1) is 0 Å². The Bertz CT molecular complexity index is 274. The van der Waals surface area contributed by atoms with Crippen molar-refractivity contribution in [1.82, 2.24) is 0 Å². The molecule has 0 aliphatic rings. The maximum absolute atomic E-state index is 2.56. The van der Waals surface area contributed by atoms with E-state index in [0.717, 1.165) is 5.54 Å². The summed E-state index contributed by atoms with van der Waals surface area (Å²) in [6, 6.07) is 0. The van der Waals surface area contributed by atoms with Crippen LogP contribution in [0.1, 0.15) is 61.8 Å². The summed E-state index contributed by atoms with van der Waals surface area (Å²) in [5, 5.41) is 0. The van der Waals surface area contributed by atoms with E-state index in [0.29, 0.717) is 0 Å². The molecule has 0 rings (SSSR count). The topological polar surface area (TPSA) is 0 Å². The van der Waals surface area contributed by atoms with Gasteiger partial charge in [0, 0.05) is 0 Å². The van der Waals surface area contributed by atoms with E-state index in [1.165, 1.54) is 23.1 Å². The van der Waals surface area contributed by atoms with Gasteiger partial charge in [-0.25, -0.2) is 0 Å². The summed E-state index contributed by atoms with van der Waals surface area (Å²) in [6.45, 7) is 18.1. The van der Waals surface area contributed by atoms with E-state index in [1.807, 2.05) is 0 Å². The summed E-state index contributed by atoms with van der Waals surface area (Å²) in [5.74, 6) is 0. The van der Waals surface area contributed by atoms with E-state index >= 15 is 0 Å². The highest BCUT2D eigenvalue weighted by Gasteiger charge is 2.31. The van der Waals surface area contributed by atoms with Crippen molar-refractivity contribution in [1.29, 1.82) is 0 Å². The molecule has 17 heavy (non-hydrogen) atoms. The maximum Gasteiger partial charge on any atom is 0.128 e. The molecule has 0 bridgehead atoms. The van der Waals surface area contributed by atoms with Crippen molar-refractivity contribution in [2.45, 2.75) is 67.4 Å². The lowest BCUT2D eigenvalue weighted by atomic mass is 10.4. The second kappa shape index (κ2) is 7.00. The molecule has 1 atom stereocenters. The minimum Gasteiger partial charge on any atom is -0.0879 e. The third-order valence-electron chi connectivity index (χ3n) is 3.08. The Kier molecular flexibility index (Phi) is 6.77. The molecule has 1 heteroatoms. The van der Waals surface area contributed by atoms with Gasteiger partial charge in [-0.1, -0.05) is 54.1 Å². The Hall–Kier alpha value is -0.563. The lowest BCUT2D eigenvalue weighted by Crippen LogP contribution is -2.34. The Morgan fingerprint density at radius 1 is 0.824 bits per heavy atom. The minimum absolute atomic E-state index is 0.766. The molecule has 0 fully saturated rings. The van der Waals surface area contributed by atoms with Crippen molar-refractivity contribution in [3.05, 3.63) is 33.8 Å². The zero-order chi connectivity index (χ0) is 13.6. The zero-order valence-electron chi connectivity index (χ0n) is 13.0. The smallest absolute Gasteiger partial charge is 0.0879 e. The van der Waals surface area contributed by atoms with E-state index in [-0.39, 0.29) is 0 Å².